The first kappa shape index (κ1) is 17.3. The Labute approximate surface area is 145 Å². The van der Waals surface area contributed by atoms with Crippen LogP contribution >= 0.6 is 0 Å². The molecule has 2 saturated heterocycles. The Bertz CT molecular complexity index is 674. The standard InChI is InChI=1S/C16H21N5O4/c22-14(20-7-2-1-3-8-20)12-13(19-5-4-18-12)15(23)21-9-6-17-11(10-21)16(24)25/h4-5,11,17H,1-3,6-10H2,(H,24,25)/t11-/m0/s1. The number of rotatable bonds is 3. The van der Waals surface area contributed by atoms with Crippen LogP contribution in [0.3, 0.4) is 0 Å². The molecule has 25 heavy (non-hydrogen) atoms. The van der Waals surface area contributed by atoms with Gasteiger partial charge in [-0.2, -0.15) is 0 Å². The van der Waals surface area contributed by atoms with Gasteiger partial charge in [0.1, 0.15) is 6.04 Å². The van der Waals surface area contributed by atoms with Crippen LogP contribution in [0, 0.1) is 0 Å². The second kappa shape index (κ2) is 7.56. The lowest BCUT2D eigenvalue weighted by Crippen LogP contribution is -2.56. The van der Waals surface area contributed by atoms with Crippen molar-refractivity contribution in [1.82, 2.24) is 25.1 Å². The van der Waals surface area contributed by atoms with Gasteiger partial charge in [0.2, 0.25) is 0 Å². The summed E-state index contributed by atoms with van der Waals surface area (Å²) in [6.45, 7) is 2.06. The number of carboxylic acids is 1. The number of piperazine rings is 1. The molecular weight excluding hydrogens is 326 g/mol. The number of aromatic nitrogens is 2. The maximum absolute atomic E-state index is 12.8. The lowest BCUT2D eigenvalue weighted by atomic mass is 10.1. The number of carbonyl (C=O) groups is 3. The number of nitrogens with zero attached hydrogens (tertiary/aromatic N) is 4. The molecule has 9 heteroatoms. The predicted octanol–water partition coefficient (Wildman–Crippen LogP) is -0.399. The van der Waals surface area contributed by atoms with Crippen molar-refractivity contribution in [2.45, 2.75) is 25.3 Å². The van der Waals surface area contributed by atoms with Crippen LogP contribution < -0.4 is 5.32 Å². The molecule has 0 saturated carbocycles. The fraction of sp³-hybridized carbons (Fsp3) is 0.562. The van der Waals surface area contributed by atoms with Gasteiger partial charge >= 0.3 is 5.97 Å². The molecule has 2 amide bonds. The summed E-state index contributed by atoms with van der Waals surface area (Å²) in [4.78, 5) is 48.0. The number of carbonyl (C=O) groups excluding carboxylic acids is 2. The fourth-order valence-corrected chi connectivity index (χ4v) is 3.15. The van der Waals surface area contributed by atoms with Crippen LogP contribution in [0.1, 0.15) is 40.2 Å². The van der Waals surface area contributed by atoms with Gasteiger partial charge in [0.25, 0.3) is 11.8 Å². The number of likely N-dealkylation sites (tertiary alicyclic amines) is 1. The van der Waals surface area contributed by atoms with E-state index in [1.807, 2.05) is 0 Å². The third-order valence-electron chi connectivity index (χ3n) is 4.51. The molecule has 134 valence electrons. The highest BCUT2D eigenvalue weighted by Crippen LogP contribution is 2.15. The number of piperidine rings is 1. The number of nitrogens with one attached hydrogen (secondary N) is 1. The lowest BCUT2D eigenvalue weighted by molar-refractivity contribution is -0.140. The molecule has 0 spiro atoms. The molecule has 0 aliphatic carbocycles. The molecule has 0 aromatic carbocycles. The van der Waals surface area contributed by atoms with E-state index in [9.17, 15) is 14.4 Å². The predicted molar refractivity (Wildman–Crippen MR) is 87.1 cm³/mol. The van der Waals surface area contributed by atoms with Gasteiger partial charge in [0.05, 0.1) is 0 Å². The van der Waals surface area contributed by atoms with E-state index in [1.165, 1.54) is 17.3 Å². The Morgan fingerprint density at radius 2 is 1.56 bits per heavy atom. The molecule has 1 aromatic heterocycles. The molecule has 1 aromatic rings. The third-order valence-corrected chi connectivity index (χ3v) is 4.51. The molecule has 9 nitrogen and oxygen atoms in total. The van der Waals surface area contributed by atoms with E-state index in [2.05, 4.69) is 15.3 Å². The highest BCUT2D eigenvalue weighted by molar-refractivity contribution is 6.04. The Hall–Kier alpha value is -2.55. The van der Waals surface area contributed by atoms with Crippen LogP contribution in [0.25, 0.3) is 0 Å². The molecule has 1 atom stereocenters. The molecular formula is C16H21N5O4. The zero-order chi connectivity index (χ0) is 17.8. The average Bonchev–Trinajstić information content (AvgIpc) is 2.67. The molecule has 0 radical (unpaired) electrons. The topological polar surface area (TPSA) is 116 Å². The number of aliphatic carboxylic acids is 1. The van der Waals surface area contributed by atoms with Gasteiger partial charge in [-0.05, 0) is 19.3 Å². The first-order valence-electron chi connectivity index (χ1n) is 8.43. The Morgan fingerprint density at radius 1 is 0.960 bits per heavy atom. The van der Waals surface area contributed by atoms with E-state index < -0.39 is 17.9 Å². The highest BCUT2D eigenvalue weighted by Gasteiger charge is 2.32. The zero-order valence-corrected chi connectivity index (χ0v) is 13.8. The first-order valence-corrected chi connectivity index (χ1v) is 8.43. The maximum atomic E-state index is 12.8. The SMILES string of the molecule is O=C(O)[C@@H]1CN(C(=O)c2nccnc2C(=O)N2CCCCC2)CCN1. The van der Waals surface area contributed by atoms with Gasteiger partial charge < -0.3 is 20.2 Å². The van der Waals surface area contributed by atoms with Gasteiger partial charge in [-0.3, -0.25) is 14.4 Å². The highest BCUT2D eigenvalue weighted by atomic mass is 16.4. The number of hydrogen-bond donors (Lipinski definition) is 2. The summed E-state index contributed by atoms with van der Waals surface area (Å²) in [5.41, 5.74) is 0.0314. The first-order chi connectivity index (χ1) is 12.1. The van der Waals surface area contributed by atoms with Gasteiger partial charge in [-0.1, -0.05) is 0 Å². The van der Waals surface area contributed by atoms with Gasteiger partial charge in [-0.25, -0.2) is 9.97 Å². The Balaban J connectivity index is 1.81. The molecule has 2 aliphatic rings. The molecule has 2 N–H and O–H groups in total. The van der Waals surface area contributed by atoms with E-state index in [1.54, 1.807) is 4.90 Å². The van der Waals surface area contributed by atoms with Crippen molar-refractivity contribution in [3.8, 4) is 0 Å². The fourth-order valence-electron chi connectivity index (χ4n) is 3.15. The van der Waals surface area contributed by atoms with E-state index in [-0.39, 0.29) is 23.8 Å². The molecule has 3 heterocycles. The van der Waals surface area contributed by atoms with Crippen LogP contribution in [0.15, 0.2) is 12.4 Å². The Morgan fingerprint density at radius 3 is 2.16 bits per heavy atom. The van der Waals surface area contributed by atoms with Crippen molar-refractivity contribution >= 4 is 17.8 Å². The van der Waals surface area contributed by atoms with Gasteiger partial charge in [0.15, 0.2) is 11.4 Å². The van der Waals surface area contributed by atoms with E-state index in [0.717, 1.165) is 19.3 Å². The summed E-state index contributed by atoms with van der Waals surface area (Å²) in [6.07, 6.45) is 5.73. The third kappa shape index (κ3) is 3.76. The summed E-state index contributed by atoms with van der Waals surface area (Å²) in [6, 6.07) is -0.824. The smallest absolute Gasteiger partial charge is 0.322 e. The second-order valence-electron chi connectivity index (χ2n) is 6.20. The Kier molecular flexibility index (Phi) is 5.22. The zero-order valence-electron chi connectivity index (χ0n) is 13.8. The number of amides is 2. The van der Waals surface area contributed by atoms with Crippen LogP contribution in [0.2, 0.25) is 0 Å². The van der Waals surface area contributed by atoms with Crippen LogP contribution in [-0.4, -0.2) is 81.4 Å². The van der Waals surface area contributed by atoms with E-state index in [4.69, 9.17) is 5.11 Å². The normalized spacial score (nSPS) is 21.0. The minimum atomic E-state index is -1.01. The molecule has 2 aliphatic heterocycles. The van der Waals surface area contributed by atoms with Crippen molar-refractivity contribution in [2.75, 3.05) is 32.7 Å². The van der Waals surface area contributed by atoms with Crippen LogP contribution in [0.4, 0.5) is 0 Å². The number of hydrogen-bond acceptors (Lipinski definition) is 6. The number of carboxylic acid groups (broad SMARTS) is 1. The molecule has 0 bridgehead atoms. The molecule has 2 fully saturated rings. The lowest BCUT2D eigenvalue weighted by Gasteiger charge is -2.32. The average molecular weight is 347 g/mol. The van der Waals surface area contributed by atoms with Crippen LogP contribution in [0.5, 0.6) is 0 Å². The van der Waals surface area contributed by atoms with Crippen LogP contribution in [-0.2, 0) is 4.79 Å². The summed E-state index contributed by atoms with van der Waals surface area (Å²) in [5.74, 6) is -1.76. The largest absolute Gasteiger partial charge is 0.480 e. The summed E-state index contributed by atoms with van der Waals surface area (Å²) in [5, 5.41) is 12.0. The van der Waals surface area contributed by atoms with Gasteiger partial charge in [-0.15, -0.1) is 0 Å². The monoisotopic (exact) mass is 347 g/mol. The minimum Gasteiger partial charge on any atom is -0.480 e. The molecule has 3 rings (SSSR count). The van der Waals surface area contributed by atoms with Gasteiger partial charge in [0, 0.05) is 45.1 Å². The van der Waals surface area contributed by atoms with E-state index >= 15 is 0 Å². The summed E-state index contributed by atoms with van der Waals surface area (Å²) in [7, 11) is 0. The van der Waals surface area contributed by atoms with E-state index in [0.29, 0.717) is 26.2 Å². The van der Waals surface area contributed by atoms with Crippen molar-refractivity contribution in [3.05, 3.63) is 23.8 Å². The van der Waals surface area contributed by atoms with Crippen molar-refractivity contribution in [2.24, 2.45) is 0 Å². The van der Waals surface area contributed by atoms with Crippen molar-refractivity contribution < 1.29 is 19.5 Å². The second-order valence-corrected chi connectivity index (χ2v) is 6.20. The maximum Gasteiger partial charge on any atom is 0.322 e. The quantitative estimate of drug-likeness (QED) is 0.764. The molecule has 0 unspecified atom stereocenters. The van der Waals surface area contributed by atoms with Crippen molar-refractivity contribution in [3.63, 3.8) is 0 Å². The van der Waals surface area contributed by atoms with Crippen molar-refractivity contribution in [1.29, 1.82) is 0 Å². The minimum absolute atomic E-state index is 0.0101. The summed E-state index contributed by atoms with van der Waals surface area (Å²) < 4.78 is 0. The summed E-state index contributed by atoms with van der Waals surface area (Å²) >= 11 is 0.